The van der Waals surface area contributed by atoms with Gasteiger partial charge in [0, 0.05) is 54.2 Å². The van der Waals surface area contributed by atoms with E-state index in [1.807, 2.05) is 12.1 Å². The first-order valence-corrected chi connectivity index (χ1v) is 9.30. The lowest BCUT2D eigenvalue weighted by Gasteiger charge is -2.32. The lowest BCUT2D eigenvalue weighted by Crippen LogP contribution is -2.43. The molecule has 1 N–H and O–H groups in total. The number of aromatic nitrogens is 1. The molecule has 5 heteroatoms. The van der Waals surface area contributed by atoms with E-state index in [0.717, 1.165) is 49.4 Å². The maximum absolute atomic E-state index is 12.4. The van der Waals surface area contributed by atoms with Gasteiger partial charge in [-0.15, -0.1) is 0 Å². The molecule has 4 nitrogen and oxygen atoms in total. The Bertz CT molecular complexity index is 973. The smallest absolute Gasteiger partial charge is 0.256 e. The van der Waals surface area contributed by atoms with Crippen molar-refractivity contribution < 1.29 is 0 Å². The quantitative estimate of drug-likeness (QED) is 0.768. The molecular formula is C21H22ClN3O. The van der Waals surface area contributed by atoms with Crippen LogP contribution in [0.2, 0.25) is 5.02 Å². The molecule has 1 fully saturated rings. The Hall–Kier alpha value is -2.14. The molecule has 0 atom stereocenters. The normalized spacial score (nSPS) is 16.2. The first-order chi connectivity index (χ1) is 12.6. The number of fused-ring (bicyclic) bond motifs is 1. The monoisotopic (exact) mass is 367 g/mol. The number of benzene rings is 2. The second-order valence-electron chi connectivity index (χ2n) is 6.99. The Morgan fingerprint density at radius 2 is 1.73 bits per heavy atom. The number of hydrogen-bond donors (Lipinski definition) is 1. The van der Waals surface area contributed by atoms with Crippen LogP contribution in [0.15, 0.2) is 53.3 Å². The fraction of sp³-hybridized carbons (Fsp3) is 0.286. The third-order valence-corrected chi connectivity index (χ3v) is 5.43. The number of H-pyrrole nitrogens is 1. The summed E-state index contributed by atoms with van der Waals surface area (Å²) >= 11 is 6.27. The zero-order chi connectivity index (χ0) is 18.1. The molecule has 134 valence electrons. The summed E-state index contributed by atoms with van der Waals surface area (Å²) in [6.45, 7) is 5.42. The molecule has 2 aromatic carbocycles. The van der Waals surface area contributed by atoms with Crippen LogP contribution in [0.4, 0.5) is 0 Å². The topological polar surface area (TPSA) is 39.3 Å². The summed E-state index contributed by atoms with van der Waals surface area (Å²) in [6.07, 6.45) is 0. The number of piperazine rings is 1. The van der Waals surface area contributed by atoms with Crippen molar-refractivity contribution >= 4 is 22.4 Å². The van der Waals surface area contributed by atoms with Crippen molar-refractivity contribution in [3.05, 3.63) is 69.5 Å². The molecule has 1 aliphatic rings. The van der Waals surface area contributed by atoms with Crippen molar-refractivity contribution in [1.82, 2.24) is 14.8 Å². The maximum atomic E-state index is 12.4. The number of aromatic amines is 1. The van der Waals surface area contributed by atoms with Gasteiger partial charge in [-0.2, -0.15) is 0 Å². The number of nitrogens with one attached hydrogen (secondary N) is 1. The predicted octanol–water partition coefficient (Wildman–Crippen LogP) is 3.60. The summed E-state index contributed by atoms with van der Waals surface area (Å²) < 4.78 is 0. The van der Waals surface area contributed by atoms with Crippen LogP contribution in [-0.2, 0) is 6.54 Å². The summed E-state index contributed by atoms with van der Waals surface area (Å²) in [7, 11) is 2.17. The molecule has 0 bridgehead atoms. The van der Waals surface area contributed by atoms with E-state index in [4.69, 9.17) is 11.6 Å². The van der Waals surface area contributed by atoms with E-state index in [-0.39, 0.29) is 5.56 Å². The number of pyridine rings is 1. The van der Waals surface area contributed by atoms with E-state index < -0.39 is 0 Å². The SMILES string of the molecule is CN1CCN(Cc2ccc(-c3cc4c(Cl)cccc4c(=O)[nH]3)cc2)CC1. The first kappa shape index (κ1) is 17.3. The van der Waals surface area contributed by atoms with E-state index in [1.54, 1.807) is 12.1 Å². The van der Waals surface area contributed by atoms with Gasteiger partial charge in [-0.25, -0.2) is 0 Å². The number of nitrogens with zero attached hydrogens (tertiary/aromatic N) is 2. The van der Waals surface area contributed by atoms with Gasteiger partial charge in [-0.1, -0.05) is 41.9 Å². The molecule has 0 unspecified atom stereocenters. The first-order valence-electron chi connectivity index (χ1n) is 8.92. The Morgan fingerprint density at radius 1 is 1.00 bits per heavy atom. The average molecular weight is 368 g/mol. The molecule has 2 heterocycles. The second-order valence-corrected chi connectivity index (χ2v) is 7.40. The van der Waals surface area contributed by atoms with Gasteiger partial charge in [0.2, 0.25) is 0 Å². The van der Waals surface area contributed by atoms with Gasteiger partial charge in [0.1, 0.15) is 0 Å². The van der Waals surface area contributed by atoms with Crippen LogP contribution in [0.25, 0.3) is 22.0 Å². The van der Waals surface area contributed by atoms with Crippen molar-refractivity contribution in [3.63, 3.8) is 0 Å². The van der Waals surface area contributed by atoms with E-state index in [1.165, 1.54) is 5.56 Å². The molecule has 0 amide bonds. The van der Waals surface area contributed by atoms with Crippen molar-refractivity contribution in [2.75, 3.05) is 33.2 Å². The van der Waals surface area contributed by atoms with Gasteiger partial charge in [0.25, 0.3) is 5.56 Å². The van der Waals surface area contributed by atoms with Crippen LogP contribution in [0.3, 0.4) is 0 Å². The second kappa shape index (κ2) is 7.23. The molecule has 1 aliphatic heterocycles. The number of halogens is 1. The number of rotatable bonds is 3. The Balaban J connectivity index is 1.58. The zero-order valence-corrected chi connectivity index (χ0v) is 15.6. The van der Waals surface area contributed by atoms with Crippen LogP contribution in [0, 0.1) is 0 Å². The Kier molecular flexibility index (Phi) is 4.81. The van der Waals surface area contributed by atoms with Crippen LogP contribution in [0.1, 0.15) is 5.56 Å². The standard InChI is InChI=1S/C21H22ClN3O/c1-24-9-11-25(12-10-24)14-15-5-7-16(8-6-15)20-13-18-17(21(26)23-20)3-2-4-19(18)22/h2-8,13H,9-12,14H2,1H3,(H,23,26). The fourth-order valence-electron chi connectivity index (χ4n) is 3.46. The minimum Gasteiger partial charge on any atom is -0.321 e. The summed E-state index contributed by atoms with van der Waals surface area (Å²) in [6, 6.07) is 15.8. The van der Waals surface area contributed by atoms with E-state index in [2.05, 4.69) is 46.1 Å². The van der Waals surface area contributed by atoms with E-state index in [0.29, 0.717) is 10.4 Å². The number of likely N-dealkylation sites (N-methyl/N-ethyl adjacent to an activating group) is 1. The summed E-state index contributed by atoms with van der Waals surface area (Å²) in [5.74, 6) is 0. The average Bonchev–Trinajstić information content (AvgIpc) is 2.65. The summed E-state index contributed by atoms with van der Waals surface area (Å²) in [5.41, 5.74) is 2.97. The molecule has 0 saturated carbocycles. The van der Waals surface area contributed by atoms with Crippen molar-refractivity contribution in [1.29, 1.82) is 0 Å². The lowest BCUT2D eigenvalue weighted by molar-refractivity contribution is 0.148. The van der Waals surface area contributed by atoms with Crippen LogP contribution in [0.5, 0.6) is 0 Å². The third-order valence-electron chi connectivity index (χ3n) is 5.10. The molecule has 1 saturated heterocycles. The fourth-order valence-corrected chi connectivity index (χ4v) is 3.69. The number of hydrogen-bond acceptors (Lipinski definition) is 3. The highest BCUT2D eigenvalue weighted by molar-refractivity contribution is 6.35. The zero-order valence-electron chi connectivity index (χ0n) is 14.8. The predicted molar refractivity (Wildman–Crippen MR) is 108 cm³/mol. The van der Waals surface area contributed by atoms with Gasteiger partial charge in [-0.05, 0) is 36.4 Å². The summed E-state index contributed by atoms with van der Waals surface area (Å²) in [4.78, 5) is 20.2. The van der Waals surface area contributed by atoms with Crippen LogP contribution in [-0.4, -0.2) is 48.0 Å². The molecule has 0 spiro atoms. The van der Waals surface area contributed by atoms with Gasteiger partial charge >= 0.3 is 0 Å². The highest BCUT2D eigenvalue weighted by Crippen LogP contribution is 2.25. The lowest BCUT2D eigenvalue weighted by atomic mass is 10.1. The highest BCUT2D eigenvalue weighted by Gasteiger charge is 2.14. The molecule has 0 aliphatic carbocycles. The third kappa shape index (κ3) is 3.54. The van der Waals surface area contributed by atoms with Crippen LogP contribution < -0.4 is 5.56 Å². The molecule has 1 aromatic heterocycles. The van der Waals surface area contributed by atoms with Crippen LogP contribution >= 0.6 is 11.6 Å². The highest BCUT2D eigenvalue weighted by atomic mass is 35.5. The molecule has 3 aromatic rings. The minimum absolute atomic E-state index is 0.110. The van der Waals surface area contributed by atoms with Crippen molar-refractivity contribution in [2.24, 2.45) is 0 Å². The van der Waals surface area contributed by atoms with Gasteiger partial charge in [0.05, 0.1) is 0 Å². The van der Waals surface area contributed by atoms with E-state index >= 15 is 0 Å². The van der Waals surface area contributed by atoms with Gasteiger partial charge in [0.15, 0.2) is 0 Å². The van der Waals surface area contributed by atoms with Gasteiger partial charge < -0.3 is 9.88 Å². The molecule has 4 rings (SSSR count). The summed E-state index contributed by atoms with van der Waals surface area (Å²) in [5, 5.41) is 2.00. The molecule has 26 heavy (non-hydrogen) atoms. The minimum atomic E-state index is -0.110. The maximum Gasteiger partial charge on any atom is 0.256 e. The van der Waals surface area contributed by atoms with E-state index in [9.17, 15) is 4.79 Å². The van der Waals surface area contributed by atoms with Crippen molar-refractivity contribution in [2.45, 2.75) is 6.54 Å². The molecule has 0 radical (unpaired) electrons. The Labute approximate surface area is 158 Å². The molecular weight excluding hydrogens is 346 g/mol. The van der Waals surface area contributed by atoms with Crippen molar-refractivity contribution in [3.8, 4) is 11.3 Å². The van der Waals surface area contributed by atoms with Gasteiger partial charge in [-0.3, -0.25) is 9.69 Å². The largest absolute Gasteiger partial charge is 0.321 e. The Morgan fingerprint density at radius 3 is 2.46 bits per heavy atom.